The Morgan fingerprint density at radius 2 is 2.22 bits per heavy atom. The average molecular weight is 396 g/mol. The molecular formula is C13H14Br2ClNO. The number of amides is 1. The lowest BCUT2D eigenvalue weighted by Crippen LogP contribution is -2.28. The highest BCUT2D eigenvalue weighted by atomic mass is 79.9. The fourth-order valence-electron chi connectivity index (χ4n) is 2.21. The van der Waals surface area contributed by atoms with E-state index in [-0.39, 0.29) is 5.91 Å². The van der Waals surface area contributed by atoms with E-state index in [1.165, 1.54) is 12.8 Å². The van der Waals surface area contributed by atoms with Gasteiger partial charge in [-0.2, -0.15) is 0 Å². The highest BCUT2D eigenvalue weighted by Crippen LogP contribution is 2.30. The molecule has 2 atom stereocenters. The van der Waals surface area contributed by atoms with E-state index in [0.29, 0.717) is 21.3 Å². The highest BCUT2D eigenvalue weighted by molar-refractivity contribution is 9.10. The highest BCUT2D eigenvalue weighted by Gasteiger charge is 2.23. The molecule has 1 saturated carbocycles. The number of benzene rings is 1. The van der Waals surface area contributed by atoms with Crippen molar-refractivity contribution in [1.82, 2.24) is 5.32 Å². The van der Waals surface area contributed by atoms with E-state index in [1.54, 1.807) is 12.1 Å². The first kappa shape index (κ1) is 14.4. The van der Waals surface area contributed by atoms with Crippen LogP contribution in [0.1, 0.15) is 29.6 Å². The van der Waals surface area contributed by atoms with Crippen molar-refractivity contribution >= 4 is 49.4 Å². The van der Waals surface area contributed by atoms with Crippen LogP contribution in [0, 0.1) is 5.92 Å². The van der Waals surface area contributed by atoms with Crippen LogP contribution in [0.15, 0.2) is 22.7 Å². The fourth-order valence-corrected chi connectivity index (χ4v) is 3.76. The molecule has 0 saturated heterocycles. The van der Waals surface area contributed by atoms with Gasteiger partial charge in [0.15, 0.2) is 0 Å². The Balaban J connectivity index is 1.91. The minimum atomic E-state index is -0.0921. The van der Waals surface area contributed by atoms with Gasteiger partial charge in [0, 0.05) is 15.8 Å². The Labute approximate surface area is 129 Å². The Morgan fingerprint density at radius 3 is 2.83 bits per heavy atom. The van der Waals surface area contributed by atoms with E-state index in [4.69, 9.17) is 11.6 Å². The lowest BCUT2D eigenvalue weighted by Gasteiger charge is -2.11. The number of hydrogen-bond acceptors (Lipinski definition) is 1. The van der Waals surface area contributed by atoms with Gasteiger partial charge in [0.1, 0.15) is 0 Å². The Hall–Kier alpha value is -0.0600. The largest absolute Gasteiger partial charge is 0.352 e. The van der Waals surface area contributed by atoms with Gasteiger partial charge in [-0.15, -0.1) is 0 Å². The third-order valence-electron chi connectivity index (χ3n) is 3.20. The molecule has 18 heavy (non-hydrogen) atoms. The van der Waals surface area contributed by atoms with Crippen molar-refractivity contribution in [2.24, 2.45) is 5.92 Å². The number of hydrogen-bond donors (Lipinski definition) is 1. The summed E-state index contributed by atoms with van der Waals surface area (Å²) in [6, 6.07) is 5.30. The lowest BCUT2D eigenvalue weighted by atomic mass is 10.1. The third-order valence-corrected chi connectivity index (χ3v) is 4.84. The third kappa shape index (κ3) is 3.72. The first-order valence-corrected chi connectivity index (χ1v) is 8.02. The van der Waals surface area contributed by atoms with Gasteiger partial charge >= 0.3 is 0 Å². The molecule has 0 heterocycles. The van der Waals surface area contributed by atoms with Crippen molar-refractivity contribution in [2.45, 2.75) is 24.1 Å². The monoisotopic (exact) mass is 393 g/mol. The first-order chi connectivity index (χ1) is 8.56. The molecule has 1 aromatic carbocycles. The summed E-state index contributed by atoms with van der Waals surface area (Å²) in [7, 11) is 0. The minimum Gasteiger partial charge on any atom is -0.352 e. The first-order valence-electron chi connectivity index (χ1n) is 5.93. The fraction of sp³-hybridized carbons (Fsp3) is 0.462. The van der Waals surface area contributed by atoms with Crippen LogP contribution in [0.2, 0.25) is 5.02 Å². The van der Waals surface area contributed by atoms with E-state index in [2.05, 4.69) is 37.2 Å². The van der Waals surface area contributed by atoms with Gasteiger partial charge in [0.05, 0.1) is 10.6 Å². The zero-order chi connectivity index (χ0) is 13.1. The van der Waals surface area contributed by atoms with Crippen LogP contribution in [0.3, 0.4) is 0 Å². The van der Waals surface area contributed by atoms with Crippen LogP contribution >= 0.6 is 43.5 Å². The van der Waals surface area contributed by atoms with Crippen LogP contribution in [0.4, 0.5) is 0 Å². The molecule has 1 amide bonds. The summed E-state index contributed by atoms with van der Waals surface area (Å²) in [6.07, 6.45) is 3.50. The van der Waals surface area contributed by atoms with Gasteiger partial charge < -0.3 is 5.32 Å². The van der Waals surface area contributed by atoms with Crippen LogP contribution < -0.4 is 5.32 Å². The van der Waals surface area contributed by atoms with Crippen LogP contribution in [-0.4, -0.2) is 17.3 Å². The van der Waals surface area contributed by atoms with E-state index < -0.39 is 0 Å². The van der Waals surface area contributed by atoms with Crippen LogP contribution in [0.5, 0.6) is 0 Å². The molecule has 1 fully saturated rings. The second-order valence-corrected chi connectivity index (χ2v) is 7.23. The smallest absolute Gasteiger partial charge is 0.252 e. The van der Waals surface area contributed by atoms with Crippen molar-refractivity contribution in [2.75, 3.05) is 6.54 Å². The lowest BCUT2D eigenvalue weighted by molar-refractivity contribution is 0.0947. The van der Waals surface area contributed by atoms with Crippen LogP contribution in [-0.2, 0) is 0 Å². The predicted molar refractivity (Wildman–Crippen MR) is 81.5 cm³/mol. The molecule has 2 nitrogen and oxygen atoms in total. The van der Waals surface area contributed by atoms with Crippen molar-refractivity contribution in [3.63, 3.8) is 0 Å². The molecule has 0 radical (unpaired) electrons. The summed E-state index contributed by atoms with van der Waals surface area (Å²) < 4.78 is 0.877. The van der Waals surface area contributed by atoms with Crippen LogP contribution in [0.25, 0.3) is 0 Å². The Kier molecular flexibility index (Phi) is 5.10. The van der Waals surface area contributed by atoms with E-state index in [1.807, 2.05) is 6.07 Å². The second kappa shape index (κ2) is 6.40. The molecular weight excluding hydrogens is 381 g/mol. The van der Waals surface area contributed by atoms with Crippen molar-refractivity contribution in [3.05, 3.63) is 33.3 Å². The van der Waals surface area contributed by atoms with Gasteiger partial charge in [-0.3, -0.25) is 4.79 Å². The van der Waals surface area contributed by atoms with Gasteiger partial charge in [-0.1, -0.05) is 43.5 Å². The molecule has 2 unspecified atom stereocenters. The van der Waals surface area contributed by atoms with E-state index in [0.717, 1.165) is 17.4 Å². The SMILES string of the molecule is O=C(NCC1CCC(Br)C1)c1ccc(Br)cc1Cl. The molecule has 1 aliphatic rings. The molecule has 0 aliphatic heterocycles. The maximum Gasteiger partial charge on any atom is 0.252 e. The molecule has 2 rings (SSSR count). The quantitative estimate of drug-likeness (QED) is 0.756. The minimum absolute atomic E-state index is 0.0921. The Morgan fingerprint density at radius 1 is 1.44 bits per heavy atom. The molecule has 0 aromatic heterocycles. The van der Waals surface area contributed by atoms with E-state index in [9.17, 15) is 4.79 Å². The van der Waals surface area contributed by atoms with Crippen molar-refractivity contribution in [3.8, 4) is 0 Å². The summed E-state index contributed by atoms with van der Waals surface area (Å²) in [6.45, 7) is 0.729. The molecule has 1 N–H and O–H groups in total. The zero-order valence-corrected chi connectivity index (χ0v) is 13.7. The maximum absolute atomic E-state index is 12.0. The molecule has 0 bridgehead atoms. The number of alkyl halides is 1. The molecule has 5 heteroatoms. The molecule has 1 aromatic rings. The topological polar surface area (TPSA) is 29.1 Å². The van der Waals surface area contributed by atoms with Gasteiger partial charge in [-0.25, -0.2) is 0 Å². The summed E-state index contributed by atoms with van der Waals surface area (Å²) in [5.74, 6) is 0.484. The summed E-state index contributed by atoms with van der Waals surface area (Å²) in [4.78, 5) is 12.6. The molecule has 98 valence electrons. The average Bonchev–Trinajstić information content (AvgIpc) is 2.72. The second-order valence-electron chi connectivity index (χ2n) is 4.61. The number of carbonyl (C=O) groups is 1. The normalized spacial score (nSPS) is 23.1. The predicted octanol–water partition coefficient (Wildman–Crippen LogP) is 4.40. The maximum atomic E-state index is 12.0. The summed E-state index contributed by atoms with van der Waals surface area (Å²) >= 11 is 13.0. The summed E-state index contributed by atoms with van der Waals surface area (Å²) in [5, 5.41) is 3.44. The zero-order valence-electron chi connectivity index (χ0n) is 9.76. The van der Waals surface area contributed by atoms with Crippen molar-refractivity contribution in [1.29, 1.82) is 0 Å². The standard InChI is InChI=1S/C13H14Br2ClNO/c14-9-2-1-8(5-9)7-17-13(18)11-4-3-10(15)6-12(11)16/h3-4,6,8-9H,1-2,5,7H2,(H,17,18). The van der Waals surface area contributed by atoms with E-state index >= 15 is 0 Å². The summed E-state index contributed by atoms with van der Waals surface area (Å²) in [5.41, 5.74) is 0.535. The number of nitrogens with one attached hydrogen (secondary N) is 1. The number of rotatable bonds is 3. The Bertz CT molecular complexity index is 453. The molecule has 1 aliphatic carbocycles. The van der Waals surface area contributed by atoms with Crippen molar-refractivity contribution < 1.29 is 4.79 Å². The van der Waals surface area contributed by atoms with Gasteiger partial charge in [0.2, 0.25) is 0 Å². The number of carbonyl (C=O) groups excluding carboxylic acids is 1. The van der Waals surface area contributed by atoms with Gasteiger partial charge in [0.25, 0.3) is 5.91 Å². The molecule has 0 spiro atoms. The van der Waals surface area contributed by atoms with Gasteiger partial charge in [-0.05, 0) is 43.4 Å². The number of halogens is 3.